The Balaban J connectivity index is 0.852. The van der Waals surface area contributed by atoms with E-state index in [-0.39, 0.29) is 5.78 Å². The van der Waals surface area contributed by atoms with E-state index in [1.165, 1.54) is 0 Å². The van der Waals surface area contributed by atoms with E-state index in [9.17, 15) is 4.79 Å². The van der Waals surface area contributed by atoms with Crippen LogP contribution in [-0.4, -0.2) is 32.4 Å². The minimum Gasteiger partial charge on any atom is -0.494 e. The second kappa shape index (κ2) is 15.9. The predicted octanol–water partition coefficient (Wildman–Crippen LogP) is 9.07. The van der Waals surface area contributed by atoms with Crippen LogP contribution < -0.4 is 14.8 Å². The average molecular weight is 646 g/mol. The van der Waals surface area contributed by atoms with Crippen LogP contribution in [0.5, 0.6) is 11.5 Å². The van der Waals surface area contributed by atoms with Crippen molar-refractivity contribution < 1.29 is 14.3 Å². The third-order valence-electron chi connectivity index (χ3n) is 7.73. The molecule has 6 rings (SSSR count). The van der Waals surface area contributed by atoms with Gasteiger partial charge in [0.1, 0.15) is 23.8 Å². The van der Waals surface area contributed by atoms with Gasteiger partial charge in [0.05, 0.1) is 18.3 Å². The van der Waals surface area contributed by atoms with Gasteiger partial charge in [-0.25, -0.2) is 0 Å². The number of aryl methyl sites for hydroxylation is 1. The van der Waals surface area contributed by atoms with Gasteiger partial charge in [0.15, 0.2) is 5.78 Å². The Bertz CT molecular complexity index is 1900. The van der Waals surface area contributed by atoms with Gasteiger partial charge in [0.2, 0.25) is 0 Å². The second-order valence-corrected chi connectivity index (χ2v) is 11.7. The van der Waals surface area contributed by atoms with Crippen molar-refractivity contribution >= 4 is 39.7 Å². The number of anilines is 2. The molecular weight excluding hydrogens is 610 g/mol. The highest BCUT2D eigenvalue weighted by atomic mass is 35.5. The highest BCUT2D eigenvalue weighted by Crippen LogP contribution is 2.28. The topological polar surface area (TPSA) is 91.2 Å². The van der Waals surface area contributed by atoms with E-state index in [1.54, 1.807) is 12.3 Å². The number of pyridine rings is 1. The first kappa shape index (κ1) is 31.8. The summed E-state index contributed by atoms with van der Waals surface area (Å²) in [6, 6.07) is 22.8. The second-order valence-electron chi connectivity index (χ2n) is 11.3. The molecule has 5 aromatic rings. The van der Waals surface area contributed by atoms with Crippen LogP contribution in [0.15, 0.2) is 121 Å². The fraction of sp³-hybridized carbons (Fsp3) is 0.211. The first-order valence-corrected chi connectivity index (χ1v) is 16.2. The maximum absolute atomic E-state index is 12.4. The Morgan fingerprint density at radius 2 is 1.74 bits per heavy atom. The number of hydrogen-bond acceptors (Lipinski definition) is 7. The Labute approximate surface area is 279 Å². The number of halogens is 1. The zero-order valence-electron chi connectivity index (χ0n) is 26.0. The number of rotatable bonds is 16. The number of hydrogen-bond donors (Lipinski definition) is 1. The van der Waals surface area contributed by atoms with Gasteiger partial charge in [0.25, 0.3) is 0 Å². The van der Waals surface area contributed by atoms with Crippen LogP contribution in [0.1, 0.15) is 48.2 Å². The molecule has 2 heterocycles. The molecular formula is C38H36ClN5O3. The van der Waals surface area contributed by atoms with E-state index in [0.29, 0.717) is 23.8 Å². The summed E-state index contributed by atoms with van der Waals surface area (Å²) in [5, 5.41) is 13.6. The van der Waals surface area contributed by atoms with Crippen molar-refractivity contribution in [3.05, 3.63) is 137 Å². The third kappa shape index (κ3) is 9.17. The number of fused-ring (bicyclic) bond motifs is 1. The first-order valence-electron chi connectivity index (χ1n) is 15.8. The Hall–Kier alpha value is -5.21. The Kier molecular flexibility index (Phi) is 10.7. The standard InChI is InChI=1S/C38H36ClN5O3/c39-30-12-19-35-36(21-22-40-37(35)25-30)41-31-13-17-34(18-14-31)47-27-32-26-44(43-42-32)23-5-1-2-6-24-46-33-15-10-29(11-16-33)38(45)20-9-28-7-3-4-8-28/h3,7-22,25-26H,1-2,4-6,23-24,27H2,(H,40,41)/b20-9+. The molecule has 0 fully saturated rings. The number of aromatic nitrogens is 4. The van der Waals surface area contributed by atoms with Crippen LogP contribution in [0.25, 0.3) is 10.9 Å². The lowest BCUT2D eigenvalue weighted by Gasteiger charge is -2.10. The largest absolute Gasteiger partial charge is 0.494 e. The molecule has 0 saturated carbocycles. The third-order valence-corrected chi connectivity index (χ3v) is 7.96. The molecule has 3 aromatic carbocycles. The van der Waals surface area contributed by atoms with Crippen LogP contribution in [-0.2, 0) is 13.2 Å². The summed E-state index contributed by atoms with van der Waals surface area (Å²) in [5.74, 6) is 1.53. The van der Waals surface area contributed by atoms with Crippen molar-refractivity contribution in [1.82, 2.24) is 20.0 Å². The molecule has 0 radical (unpaired) electrons. The number of carbonyl (C=O) groups is 1. The minimum atomic E-state index is -0.00779. The first-order chi connectivity index (χ1) is 23.1. The number of benzene rings is 3. The smallest absolute Gasteiger partial charge is 0.185 e. The van der Waals surface area contributed by atoms with E-state index < -0.39 is 0 Å². The molecule has 0 aliphatic heterocycles. The molecule has 1 aliphatic rings. The van der Waals surface area contributed by atoms with Gasteiger partial charge in [-0.15, -0.1) is 5.10 Å². The molecule has 0 atom stereocenters. The van der Waals surface area contributed by atoms with Crippen LogP contribution in [0.3, 0.4) is 0 Å². The van der Waals surface area contributed by atoms with Crippen LogP contribution >= 0.6 is 11.6 Å². The Morgan fingerprint density at radius 1 is 0.936 bits per heavy atom. The molecule has 0 spiro atoms. The lowest BCUT2D eigenvalue weighted by molar-refractivity contribution is 0.104. The maximum atomic E-state index is 12.4. The molecule has 2 aromatic heterocycles. The zero-order valence-corrected chi connectivity index (χ0v) is 26.8. The molecule has 0 saturated heterocycles. The highest BCUT2D eigenvalue weighted by Gasteiger charge is 2.07. The van der Waals surface area contributed by atoms with Crippen molar-refractivity contribution in [3.63, 3.8) is 0 Å². The number of ether oxygens (including phenoxy) is 2. The number of unbranched alkanes of at least 4 members (excludes halogenated alkanes) is 3. The molecule has 9 heteroatoms. The number of allylic oxidation sites excluding steroid dienone is 6. The summed E-state index contributed by atoms with van der Waals surface area (Å²) in [4.78, 5) is 16.8. The number of nitrogens with one attached hydrogen (secondary N) is 1. The van der Waals surface area contributed by atoms with Crippen molar-refractivity contribution in [2.45, 2.75) is 45.3 Å². The molecule has 47 heavy (non-hydrogen) atoms. The molecule has 238 valence electrons. The normalized spacial score (nSPS) is 12.5. The van der Waals surface area contributed by atoms with Gasteiger partial charge in [-0.1, -0.05) is 47.5 Å². The monoisotopic (exact) mass is 645 g/mol. The lowest BCUT2D eigenvalue weighted by atomic mass is 10.1. The summed E-state index contributed by atoms with van der Waals surface area (Å²) in [6.07, 6.45) is 18.4. The van der Waals surface area contributed by atoms with Crippen LogP contribution in [0, 0.1) is 0 Å². The zero-order chi connectivity index (χ0) is 32.3. The summed E-state index contributed by atoms with van der Waals surface area (Å²) in [5.41, 5.74) is 5.26. The van der Waals surface area contributed by atoms with Gasteiger partial charge in [-0.05, 0) is 110 Å². The minimum absolute atomic E-state index is 0.00779. The van der Waals surface area contributed by atoms with E-state index in [1.807, 2.05) is 95.8 Å². The highest BCUT2D eigenvalue weighted by molar-refractivity contribution is 6.31. The van der Waals surface area contributed by atoms with Gasteiger partial charge >= 0.3 is 0 Å². The van der Waals surface area contributed by atoms with E-state index in [0.717, 1.165) is 83.7 Å². The van der Waals surface area contributed by atoms with E-state index in [2.05, 4.69) is 32.8 Å². The van der Waals surface area contributed by atoms with Crippen LogP contribution in [0.4, 0.5) is 11.4 Å². The average Bonchev–Trinajstić information content (AvgIpc) is 3.79. The summed E-state index contributed by atoms with van der Waals surface area (Å²) >= 11 is 6.11. The maximum Gasteiger partial charge on any atom is 0.185 e. The molecule has 8 nitrogen and oxygen atoms in total. The Morgan fingerprint density at radius 3 is 2.57 bits per heavy atom. The number of carbonyl (C=O) groups excluding carboxylic acids is 1. The fourth-order valence-corrected chi connectivity index (χ4v) is 5.36. The number of ketones is 1. The van der Waals surface area contributed by atoms with Gasteiger partial charge < -0.3 is 14.8 Å². The van der Waals surface area contributed by atoms with E-state index in [4.69, 9.17) is 21.1 Å². The van der Waals surface area contributed by atoms with Crippen molar-refractivity contribution in [2.75, 3.05) is 11.9 Å². The molecule has 0 bridgehead atoms. The van der Waals surface area contributed by atoms with Gasteiger partial charge in [0, 0.05) is 40.1 Å². The van der Waals surface area contributed by atoms with E-state index >= 15 is 0 Å². The molecule has 1 aliphatic carbocycles. The fourth-order valence-electron chi connectivity index (χ4n) is 5.19. The molecule has 0 amide bonds. The van der Waals surface area contributed by atoms with Gasteiger partial charge in [-0.3, -0.25) is 14.5 Å². The van der Waals surface area contributed by atoms with Crippen molar-refractivity contribution in [2.24, 2.45) is 0 Å². The summed E-state index contributed by atoms with van der Waals surface area (Å²) < 4.78 is 13.7. The number of nitrogens with zero attached hydrogens (tertiary/aromatic N) is 4. The summed E-state index contributed by atoms with van der Waals surface area (Å²) in [7, 11) is 0. The predicted molar refractivity (Wildman–Crippen MR) is 187 cm³/mol. The SMILES string of the molecule is O=C(/C=C/C1=CCC=C1)c1ccc(OCCCCCCn2cc(COc3ccc(Nc4ccnc5cc(Cl)ccc45)cc3)nn2)cc1. The van der Waals surface area contributed by atoms with Gasteiger partial charge in [-0.2, -0.15) is 0 Å². The quantitative estimate of drug-likeness (QED) is 0.0650. The van der Waals surface area contributed by atoms with Crippen molar-refractivity contribution in [3.8, 4) is 11.5 Å². The summed E-state index contributed by atoms with van der Waals surface area (Å²) in [6.45, 7) is 1.80. The van der Waals surface area contributed by atoms with Crippen LogP contribution in [0.2, 0.25) is 5.02 Å². The lowest BCUT2D eigenvalue weighted by Crippen LogP contribution is -2.01. The molecule has 0 unspecified atom stereocenters. The van der Waals surface area contributed by atoms with Crippen molar-refractivity contribution in [1.29, 1.82) is 0 Å². The molecule has 1 N–H and O–H groups in total.